The Hall–Kier alpha value is -1.82. The van der Waals surface area contributed by atoms with E-state index in [-0.39, 0.29) is 0 Å². The molecule has 1 aliphatic rings. The number of anilines is 1. The molecule has 0 unspecified atom stereocenters. The number of nitrogens with zero attached hydrogens (tertiary/aromatic N) is 2. The minimum atomic E-state index is 0.297. The summed E-state index contributed by atoms with van der Waals surface area (Å²) < 4.78 is 10.8. The smallest absolute Gasteiger partial charge is 0.231 e. The molecule has 5 nitrogen and oxygen atoms in total. The molecule has 1 aromatic heterocycles. The van der Waals surface area contributed by atoms with Crippen LogP contribution in [0, 0.1) is 0 Å². The molecular weight excluding hydrogens is 250 g/mol. The van der Waals surface area contributed by atoms with Crippen LogP contribution in [0.25, 0.3) is 0 Å². The molecule has 0 saturated heterocycles. The molecule has 0 saturated carbocycles. The summed E-state index contributed by atoms with van der Waals surface area (Å²) in [6.45, 7) is 3.02. The summed E-state index contributed by atoms with van der Waals surface area (Å²) in [6.07, 6.45) is 0.914. The van der Waals surface area contributed by atoms with Crippen molar-refractivity contribution in [3.63, 3.8) is 0 Å². The van der Waals surface area contributed by atoms with Crippen LogP contribution < -0.4 is 14.8 Å². The van der Waals surface area contributed by atoms with Crippen LogP contribution in [0.4, 0.5) is 5.13 Å². The van der Waals surface area contributed by atoms with Crippen molar-refractivity contribution >= 4 is 16.5 Å². The van der Waals surface area contributed by atoms with Crippen LogP contribution >= 0.6 is 11.3 Å². The third-order valence-electron chi connectivity index (χ3n) is 2.68. The molecule has 0 bridgehead atoms. The average molecular weight is 263 g/mol. The number of aromatic nitrogens is 2. The lowest BCUT2D eigenvalue weighted by Crippen LogP contribution is -2.00. The Morgan fingerprint density at radius 3 is 3.11 bits per heavy atom. The van der Waals surface area contributed by atoms with E-state index in [4.69, 9.17) is 9.47 Å². The topological polar surface area (TPSA) is 56.3 Å². The molecule has 2 aromatic rings. The first-order valence-electron chi connectivity index (χ1n) is 5.80. The zero-order valence-electron chi connectivity index (χ0n) is 9.97. The molecular formula is C12H13N3O2S. The maximum Gasteiger partial charge on any atom is 0.231 e. The highest BCUT2D eigenvalue weighted by molar-refractivity contribution is 7.15. The zero-order valence-corrected chi connectivity index (χ0v) is 10.8. The van der Waals surface area contributed by atoms with Crippen molar-refractivity contribution < 1.29 is 9.47 Å². The second-order valence-electron chi connectivity index (χ2n) is 3.86. The van der Waals surface area contributed by atoms with Gasteiger partial charge in [-0.15, -0.1) is 10.2 Å². The lowest BCUT2D eigenvalue weighted by Gasteiger charge is -2.05. The number of fused-ring (bicyclic) bond motifs is 1. The number of ether oxygens (including phenoxy) is 2. The number of nitrogens with one attached hydrogen (secondary N) is 1. The van der Waals surface area contributed by atoms with Gasteiger partial charge in [0.15, 0.2) is 11.5 Å². The summed E-state index contributed by atoms with van der Waals surface area (Å²) in [5, 5.41) is 13.3. The quantitative estimate of drug-likeness (QED) is 0.918. The highest BCUT2D eigenvalue weighted by Gasteiger charge is 2.17. The first kappa shape index (κ1) is 11.3. The minimum absolute atomic E-state index is 0.297. The lowest BCUT2D eigenvalue weighted by molar-refractivity contribution is 0.173. The second-order valence-corrected chi connectivity index (χ2v) is 4.92. The van der Waals surface area contributed by atoms with E-state index in [0.717, 1.165) is 33.6 Å². The zero-order chi connectivity index (χ0) is 12.4. The van der Waals surface area contributed by atoms with Gasteiger partial charge in [-0.3, -0.25) is 0 Å². The summed E-state index contributed by atoms with van der Waals surface area (Å²) in [7, 11) is 0. The van der Waals surface area contributed by atoms with Gasteiger partial charge in [0.1, 0.15) is 5.01 Å². The molecule has 0 amide bonds. The van der Waals surface area contributed by atoms with Crippen molar-refractivity contribution in [2.24, 2.45) is 0 Å². The number of hydrogen-bond acceptors (Lipinski definition) is 6. The van der Waals surface area contributed by atoms with Gasteiger partial charge in [0.25, 0.3) is 0 Å². The second kappa shape index (κ2) is 4.81. The van der Waals surface area contributed by atoms with Crippen molar-refractivity contribution in [1.29, 1.82) is 0 Å². The minimum Gasteiger partial charge on any atom is -0.454 e. The van der Waals surface area contributed by atoms with Gasteiger partial charge >= 0.3 is 0 Å². The average Bonchev–Trinajstić information content (AvgIpc) is 3.05. The number of benzene rings is 1. The maximum atomic E-state index is 5.45. The molecule has 1 N–H and O–H groups in total. The van der Waals surface area contributed by atoms with E-state index in [0.29, 0.717) is 13.3 Å². The van der Waals surface area contributed by atoms with E-state index in [2.05, 4.69) is 22.4 Å². The third kappa shape index (κ3) is 2.11. The molecule has 94 valence electrons. The molecule has 0 aliphatic carbocycles. The van der Waals surface area contributed by atoms with Gasteiger partial charge in [-0.05, 0) is 12.5 Å². The van der Waals surface area contributed by atoms with Gasteiger partial charge in [0.05, 0.1) is 0 Å². The van der Waals surface area contributed by atoms with Crippen LogP contribution in [0.3, 0.4) is 0 Å². The van der Waals surface area contributed by atoms with E-state index in [1.165, 1.54) is 0 Å². The van der Waals surface area contributed by atoms with Gasteiger partial charge in [0.2, 0.25) is 11.9 Å². The van der Waals surface area contributed by atoms with Crippen molar-refractivity contribution in [2.45, 2.75) is 19.9 Å². The Morgan fingerprint density at radius 2 is 2.28 bits per heavy atom. The SMILES string of the molecule is CCc1nnc(NCc2cccc3c2OCO3)s1. The molecule has 3 rings (SSSR count). The first-order valence-corrected chi connectivity index (χ1v) is 6.62. The van der Waals surface area contributed by atoms with Crippen molar-refractivity contribution in [2.75, 3.05) is 12.1 Å². The van der Waals surface area contributed by atoms with Crippen LogP contribution in [-0.4, -0.2) is 17.0 Å². The van der Waals surface area contributed by atoms with Gasteiger partial charge in [0, 0.05) is 12.1 Å². The van der Waals surface area contributed by atoms with Crippen LogP contribution in [0.5, 0.6) is 11.5 Å². The van der Waals surface area contributed by atoms with E-state index < -0.39 is 0 Å². The van der Waals surface area contributed by atoms with Gasteiger partial charge in [-0.25, -0.2) is 0 Å². The van der Waals surface area contributed by atoms with Crippen LogP contribution in [0.15, 0.2) is 18.2 Å². The maximum absolute atomic E-state index is 5.45. The van der Waals surface area contributed by atoms with Gasteiger partial charge < -0.3 is 14.8 Å². The Morgan fingerprint density at radius 1 is 1.33 bits per heavy atom. The Kier molecular flexibility index (Phi) is 3.02. The Balaban J connectivity index is 1.72. The first-order chi connectivity index (χ1) is 8.86. The predicted molar refractivity (Wildman–Crippen MR) is 69.2 cm³/mol. The lowest BCUT2D eigenvalue weighted by atomic mass is 10.2. The summed E-state index contributed by atoms with van der Waals surface area (Å²) in [4.78, 5) is 0. The normalized spacial score (nSPS) is 12.7. The van der Waals surface area contributed by atoms with E-state index in [1.807, 2.05) is 18.2 Å². The van der Waals surface area contributed by atoms with Crippen LogP contribution in [-0.2, 0) is 13.0 Å². The van der Waals surface area contributed by atoms with Crippen molar-refractivity contribution in [3.05, 3.63) is 28.8 Å². The van der Waals surface area contributed by atoms with Gasteiger partial charge in [-0.1, -0.05) is 30.4 Å². The predicted octanol–water partition coefficient (Wildman–Crippen LogP) is 2.44. The molecule has 6 heteroatoms. The highest BCUT2D eigenvalue weighted by Crippen LogP contribution is 2.35. The van der Waals surface area contributed by atoms with Crippen molar-refractivity contribution in [1.82, 2.24) is 10.2 Å². The van der Waals surface area contributed by atoms with E-state index in [9.17, 15) is 0 Å². The fraction of sp³-hybridized carbons (Fsp3) is 0.333. The monoisotopic (exact) mass is 263 g/mol. The largest absolute Gasteiger partial charge is 0.454 e. The standard InChI is InChI=1S/C12H13N3O2S/c1-2-10-14-15-12(18-10)13-6-8-4-3-5-9-11(8)17-7-16-9/h3-5H,2,6-7H2,1H3,(H,13,15). The Bertz CT molecular complexity index is 556. The molecule has 0 fully saturated rings. The number of aryl methyl sites for hydroxylation is 1. The van der Waals surface area contributed by atoms with E-state index in [1.54, 1.807) is 11.3 Å². The van der Waals surface area contributed by atoms with Crippen LogP contribution in [0.1, 0.15) is 17.5 Å². The molecule has 1 aliphatic heterocycles. The molecule has 0 spiro atoms. The Labute approximate surface area is 109 Å². The summed E-state index contributed by atoms with van der Waals surface area (Å²) in [5.74, 6) is 1.63. The number of hydrogen-bond donors (Lipinski definition) is 1. The molecule has 18 heavy (non-hydrogen) atoms. The highest BCUT2D eigenvalue weighted by atomic mass is 32.1. The van der Waals surface area contributed by atoms with Gasteiger partial charge in [-0.2, -0.15) is 0 Å². The van der Waals surface area contributed by atoms with Crippen LogP contribution in [0.2, 0.25) is 0 Å². The van der Waals surface area contributed by atoms with E-state index >= 15 is 0 Å². The molecule has 1 aromatic carbocycles. The third-order valence-corrected chi connectivity index (χ3v) is 3.70. The molecule has 0 atom stereocenters. The summed E-state index contributed by atoms with van der Waals surface area (Å²) in [5.41, 5.74) is 1.07. The molecule has 2 heterocycles. The molecule has 0 radical (unpaired) electrons. The fourth-order valence-electron chi connectivity index (χ4n) is 1.77. The summed E-state index contributed by atoms with van der Waals surface area (Å²) in [6, 6.07) is 5.89. The number of para-hydroxylation sites is 1. The fourth-order valence-corrected chi connectivity index (χ4v) is 2.44. The van der Waals surface area contributed by atoms with Crippen molar-refractivity contribution in [3.8, 4) is 11.5 Å². The summed E-state index contributed by atoms with van der Waals surface area (Å²) >= 11 is 1.58. The number of rotatable bonds is 4.